The molecule has 0 aliphatic carbocycles. The molecule has 3 heterocycles. The highest BCUT2D eigenvalue weighted by molar-refractivity contribution is 7.09. The van der Waals surface area contributed by atoms with E-state index in [2.05, 4.69) is 36.1 Å². The number of carbonyl (C=O) groups is 1. The Labute approximate surface area is 149 Å². The highest BCUT2D eigenvalue weighted by Crippen LogP contribution is 2.33. The van der Waals surface area contributed by atoms with E-state index < -0.39 is 11.2 Å². The zero-order valence-corrected chi connectivity index (χ0v) is 15.4. The number of aromatic nitrogens is 3. The minimum atomic E-state index is -0.664. The van der Waals surface area contributed by atoms with Crippen molar-refractivity contribution in [3.8, 4) is 0 Å². The van der Waals surface area contributed by atoms with E-state index in [-0.39, 0.29) is 17.0 Å². The largest absolute Gasteiger partial charge is 0.337 e. The molecule has 8 heteroatoms. The normalized spacial score (nSPS) is 16.2. The SMILES string of the molecule is CC(C)(C)c1csc(C2CCN(C(=O)c3cc(=O)[nH]c(=O)[nH]3)CC2)n1. The molecule has 0 radical (unpaired) electrons. The summed E-state index contributed by atoms with van der Waals surface area (Å²) in [7, 11) is 0. The van der Waals surface area contributed by atoms with Crippen molar-refractivity contribution >= 4 is 17.2 Å². The smallest absolute Gasteiger partial charge is 0.326 e. The van der Waals surface area contributed by atoms with Crippen LogP contribution in [0.1, 0.15) is 60.7 Å². The van der Waals surface area contributed by atoms with Crippen LogP contribution in [0.5, 0.6) is 0 Å². The number of nitrogens with zero attached hydrogens (tertiary/aromatic N) is 2. The number of amides is 1. The Hall–Kier alpha value is -2.22. The van der Waals surface area contributed by atoms with E-state index >= 15 is 0 Å². The van der Waals surface area contributed by atoms with Gasteiger partial charge in [-0.05, 0) is 12.8 Å². The zero-order valence-electron chi connectivity index (χ0n) is 14.6. The highest BCUT2D eigenvalue weighted by atomic mass is 32.1. The van der Waals surface area contributed by atoms with E-state index in [0.29, 0.717) is 19.0 Å². The standard InChI is InChI=1S/C17H22N4O3S/c1-17(2,3)12-9-25-14(19-12)10-4-6-21(7-5-10)15(23)11-8-13(22)20-16(24)18-11/h8-10H,4-7H2,1-3H3,(H2,18,20,22,24). The summed E-state index contributed by atoms with van der Waals surface area (Å²) in [5.41, 5.74) is -0.0521. The van der Waals surface area contributed by atoms with Crippen molar-refractivity contribution in [3.63, 3.8) is 0 Å². The van der Waals surface area contributed by atoms with E-state index in [1.807, 2.05) is 0 Å². The number of H-pyrrole nitrogens is 2. The van der Waals surface area contributed by atoms with Crippen molar-refractivity contribution in [1.29, 1.82) is 0 Å². The number of piperidine rings is 1. The second kappa shape index (κ2) is 6.59. The lowest BCUT2D eigenvalue weighted by molar-refractivity contribution is 0.0706. The number of hydrogen-bond donors (Lipinski definition) is 2. The molecular formula is C17H22N4O3S. The second-order valence-corrected chi connectivity index (χ2v) is 8.28. The first kappa shape index (κ1) is 17.6. The molecule has 134 valence electrons. The summed E-state index contributed by atoms with van der Waals surface area (Å²) in [4.78, 5) is 46.1. The van der Waals surface area contributed by atoms with E-state index in [1.165, 1.54) is 0 Å². The average Bonchev–Trinajstić information content (AvgIpc) is 3.03. The predicted octanol–water partition coefficient (Wildman–Crippen LogP) is 1.84. The second-order valence-electron chi connectivity index (χ2n) is 7.39. The first-order valence-electron chi connectivity index (χ1n) is 8.33. The van der Waals surface area contributed by atoms with Gasteiger partial charge in [-0.25, -0.2) is 9.78 Å². The summed E-state index contributed by atoms with van der Waals surface area (Å²) in [6.07, 6.45) is 1.66. The van der Waals surface area contributed by atoms with Crippen LogP contribution < -0.4 is 11.2 Å². The molecular weight excluding hydrogens is 340 g/mol. The van der Waals surface area contributed by atoms with Crippen LogP contribution in [0.4, 0.5) is 0 Å². The Bertz CT molecular complexity index is 854. The van der Waals surface area contributed by atoms with Crippen LogP contribution in [0.3, 0.4) is 0 Å². The third-order valence-electron chi connectivity index (χ3n) is 4.41. The maximum atomic E-state index is 12.5. The van der Waals surface area contributed by atoms with Crippen LogP contribution in [-0.2, 0) is 5.41 Å². The quantitative estimate of drug-likeness (QED) is 0.851. The van der Waals surface area contributed by atoms with Crippen molar-refractivity contribution in [3.05, 3.63) is 48.7 Å². The van der Waals surface area contributed by atoms with Crippen molar-refractivity contribution in [2.75, 3.05) is 13.1 Å². The van der Waals surface area contributed by atoms with Crippen LogP contribution in [0.2, 0.25) is 0 Å². The number of aromatic amines is 2. The van der Waals surface area contributed by atoms with Crippen LogP contribution in [0, 0.1) is 0 Å². The third kappa shape index (κ3) is 3.89. The third-order valence-corrected chi connectivity index (χ3v) is 5.42. The fourth-order valence-electron chi connectivity index (χ4n) is 2.90. The lowest BCUT2D eigenvalue weighted by Crippen LogP contribution is -2.40. The first-order chi connectivity index (χ1) is 11.7. The van der Waals surface area contributed by atoms with Crippen LogP contribution in [-0.4, -0.2) is 38.8 Å². The predicted molar refractivity (Wildman–Crippen MR) is 96.4 cm³/mol. The number of rotatable bonds is 2. The number of hydrogen-bond acceptors (Lipinski definition) is 5. The molecule has 0 atom stereocenters. The van der Waals surface area contributed by atoms with Crippen LogP contribution in [0.25, 0.3) is 0 Å². The lowest BCUT2D eigenvalue weighted by Gasteiger charge is -2.31. The van der Waals surface area contributed by atoms with Gasteiger partial charge in [-0.2, -0.15) is 0 Å². The molecule has 1 saturated heterocycles. The van der Waals surface area contributed by atoms with Gasteiger partial charge in [0.15, 0.2) is 0 Å². The molecule has 25 heavy (non-hydrogen) atoms. The van der Waals surface area contributed by atoms with Gasteiger partial charge in [-0.1, -0.05) is 20.8 Å². The summed E-state index contributed by atoms with van der Waals surface area (Å²) >= 11 is 1.69. The molecule has 0 bridgehead atoms. The Morgan fingerprint density at radius 2 is 1.92 bits per heavy atom. The maximum absolute atomic E-state index is 12.5. The van der Waals surface area contributed by atoms with Gasteiger partial charge >= 0.3 is 5.69 Å². The summed E-state index contributed by atoms with van der Waals surface area (Å²) in [5.74, 6) is 0.0412. The first-order valence-corrected chi connectivity index (χ1v) is 9.21. The van der Waals surface area contributed by atoms with E-state index in [4.69, 9.17) is 4.98 Å². The topological polar surface area (TPSA) is 98.9 Å². The summed E-state index contributed by atoms with van der Waals surface area (Å²) < 4.78 is 0. The Balaban J connectivity index is 1.67. The number of carbonyl (C=O) groups excluding carboxylic acids is 1. The van der Waals surface area contributed by atoms with Crippen molar-refractivity contribution in [1.82, 2.24) is 19.9 Å². The van der Waals surface area contributed by atoms with Gasteiger partial charge in [0.2, 0.25) is 0 Å². The number of thiazole rings is 1. The Morgan fingerprint density at radius 1 is 1.24 bits per heavy atom. The summed E-state index contributed by atoms with van der Waals surface area (Å²) in [5, 5.41) is 3.25. The molecule has 7 nitrogen and oxygen atoms in total. The minimum absolute atomic E-state index is 0.0384. The van der Waals surface area contributed by atoms with Gasteiger partial charge in [0.05, 0.1) is 10.7 Å². The zero-order chi connectivity index (χ0) is 18.2. The van der Waals surface area contributed by atoms with Gasteiger partial charge in [0.25, 0.3) is 11.5 Å². The number of nitrogens with one attached hydrogen (secondary N) is 2. The summed E-state index contributed by atoms with van der Waals surface area (Å²) in [6, 6.07) is 1.13. The molecule has 2 aromatic rings. The van der Waals surface area contributed by atoms with Crippen LogP contribution >= 0.6 is 11.3 Å². The Kier molecular flexibility index (Phi) is 4.64. The molecule has 0 unspecified atom stereocenters. The molecule has 0 aromatic carbocycles. The molecule has 1 amide bonds. The van der Waals surface area contributed by atoms with E-state index in [1.54, 1.807) is 16.2 Å². The molecule has 1 fully saturated rings. The van der Waals surface area contributed by atoms with Gasteiger partial charge in [0, 0.05) is 35.9 Å². The minimum Gasteiger partial charge on any atom is -0.337 e. The maximum Gasteiger partial charge on any atom is 0.326 e. The molecule has 2 aromatic heterocycles. The monoisotopic (exact) mass is 362 g/mol. The molecule has 3 rings (SSSR count). The van der Waals surface area contributed by atoms with Crippen LogP contribution in [0.15, 0.2) is 21.0 Å². The van der Waals surface area contributed by atoms with Gasteiger partial charge < -0.3 is 9.88 Å². The van der Waals surface area contributed by atoms with Gasteiger partial charge in [0.1, 0.15) is 5.69 Å². The van der Waals surface area contributed by atoms with Crippen molar-refractivity contribution in [2.24, 2.45) is 0 Å². The average molecular weight is 362 g/mol. The fraction of sp³-hybridized carbons (Fsp3) is 0.529. The van der Waals surface area contributed by atoms with E-state index in [0.717, 1.165) is 29.6 Å². The molecule has 0 spiro atoms. The molecule has 0 saturated carbocycles. The van der Waals surface area contributed by atoms with Gasteiger partial charge in [-0.3, -0.25) is 14.6 Å². The Morgan fingerprint density at radius 3 is 2.48 bits per heavy atom. The lowest BCUT2D eigenvalue weighted by atomic mass is 9.93. The van der Waals surface area contributed by atoms with Gasteiger partial charge in [-0.15, -0.1) is 11.3 Å². The fourth-order valence-corrected chi connectivity index (χ4v) is 4.12. The van der Waals surface area contributed by atoms with E-state index in [9.17, 15) is 14.4 Å². The van der Waals surface area contributed by atoms with Crippen molar-refractivity contribution < 1.29 is 4.79 Å². The summed E-state index contributed by atoms with van der Waals surface area (Å²) in [6.45, 7) is 7.62. The number of likely N-dealkylation sites (tertiary alicyclic amines) is 1. The highest BCUT2D eigenvalue weighted by Gasteiger charge is 2.28. The van der Waals surface area contributed by atoms with Crippen molar-refractivity contribution in [2.45, 2.75) is 44.9 Å². The molecule has 2 N–H and O–H groups in total. The molecule has 1 aliphatic rings. The molecule has 1 aliphatic heterocycles.